The molecule has 3 heterocycles. The van der Waals surface area contributed by atoms with Crippen molar-refractivity contribution in [2.45, 2.75) is 45.6 Å². The largest absolute Gasteiger partial charge is 0.365 e. The molecular formula is C24H29N5O. The van der Waals surface area contributed by atoms with E-state index < -0.39 is 0 Å². The van der Waals surface area contributed by atoms with Crippen LogP contribution in [-0.4, -0.2) is 38.7 Å². The first-order chi connectivity index (χ1) is 14.6. The molecule has 0 bridgehead atoms. The third-order valence-electron chi connectivity index (χ3n) is 5.52. The first-order valence-electron chi connectivity index (χ1n) is 10.8. The average molecular weight is 404 g/mol. The number of carbonyl (C=O) groups excluding carboxylic acids is 1. The van der Waals surface area contributed by atoms with Crippen LogP contribution in [0.2, 0.25) is 0 Å². The van der Waals surface area contributed by atoms with Crippen LogP contribution in [0.3, 0.4) is 0 Å². The van der Waals surface area contributed by atoms with Crippen LogP contribution < -0.4 is 5.32 Å². The van der Waals surface area contributed by atoms with E-state index >= 15 is 0 Å². The number of likely N-dealkylation sites (tertiary alicyclic amines) is 1. The summed E-state index contributed by atoms with van der Waals surface area (Å²) in [4.78, 5) is 19.4. The molecule has 0 spiro atoms. The number of hydrogen-bond acceptors (Lipinski definition) is 4. The molecule has 3 aromatic rings. The van der Waals surface area contributed by atoms with Gasteiger partial charge in [0.25, 0.3) is 5.91 Å². The van der Waals surface area contributed by atoms with Gasteiger partial charge in [-0.3, -0.25) is 4.79 Å². The Morgan fingerprint density at radius 2 is 1.83 bits per heavy atom. The third-order valence-corrected chi connectivity index (χ3v) is 5.52. The lowest BCUT2D eigenvalue weighted by Crippen LogP contribution is -2.36. The van der Waals surface area contributed by atoms with Gasteiger partial charge in [-0.15, -0.1) is 0 Å². The van der Waals surface area contributed by atoms with Gasteiger partial charge in [-0.2, -0.15) is 5.10 Å². The Morgan fingerprint density at radius 1 is 1.07 bits per heavy atom. The van der Waals surface area contributed by atoms with Crippen LogP contribution in [-0.2, 0) is 6.54 Å². The molecule has 6 heteroatoms. The summed E-state index contributed by atoms with van der Waals surface area (Å²) in [5.74, 6) is 0.995. The molecule has 1 aliphatic rings. The van der Waals surface area contributed by atoms with Gasteiger partial charge in [0, 0.05) is 37.6 Å². The standard InChI is InChI=1S/C24H29N5O/c1-18(2)22-19(17-29(27-22)20-10-5-3-6-11-20)16-26-23-21(12-9-13-25-23)24(30)28-14-7-4-8-15-28/h3,5-6,9-13,17-18H,4,7-8,14-16H2,1-2H3,(H,25,26). The fraction of sp³-hybridized carbons (Fsp3) is 0.375. The van der Waals surface area contributed by atoms with Crippen molar-refractivity contribution in [1.29, 1.82) is 0 Å². The Bertz CT molecular complexity index is 990. The minimum Gasteiger partial charge on any atom is -0.365 e. The SMILES string of the molecule is CC(C)c1nn(-c2ccccc2)cc1CNc1ncccc1C(=O)N1CCCCC1. The van der Waals surface area contributed by atoms with Gasteiger partial charge in [-0.05, 0) is 49.4 Å². The van der Waals surface area contributed by atoms with Gasteiger partial charge < -0.3 is 10.2 Å². The molecule has 1 fully saturated rings. The predicted molar refractivity (Wildman–Crippen MR) is 119 cm³/mol. The van der Waals surface area contributed by atoms with E-state index in [1.807, 2.05) is 52.0 Å². The van der Waals surface area contributed by atoms with Gasteiger partial charge in [-0.1, -0.05) is 32.0 Å². The number of nitrogens with zero attached hydrogens (tertiary/aromatic N) is 4. The molecule has 0 atom stereocenters. The number of amides is 1. The molecule has 0 radical (unpaired) electrons. The Labute approximate surface area is 177 Å². The number of hydrogen-bond donors (Lipinski definition) is 1. The normalized spacial score (nSPS) is 14.2. The van der Waals surface area contributed by atoms with E-state index in [2.05, 4.69) is 30.3 Å². The van der Waals surface area contributed by atoms with Crippen molar-refractivity contribution in [1.82, 2.24) is 19.7 Å². The van der Waals surface area contributed by atoms with Crippen molar-refractivity contribution < 1.29 is 4.79 Å². The zero-order chi connectivity index (χ0) is 20.9. The lowest BCUT2D eigenvalue weighted by molar-refractivity contribution is 0.0725. The smallest absolute Gasteiger partial charge is 0.257 e. The van der Waals surface area contributed by atoms with Crippen LogP contribution in [0.15, 0.2) is 54.9 Å². The van der Waals surface area contributed by atoms with Crippen molar-refractivity contribution in [2.24, 2.45) is 0 Å². The van der Waals surface area contributed by atoms with Crippen LogP contribution in [0.4, 0.5) is 5.82 Å². The van der Waals surface area contributed by atoms with E-state index in [4.69, 9.17) is 5.10 Å². The van der Waals surface area contributed by atoms with Crippen molar-refractivity contribution >= 4 is 11.7 Å². The van der Waals surface area contributed by atoms with Crippen LogP contribution in [0, 0.1) is 0 Å². The maximum Gasteiger partial charge on any atom is 0.257 e. The molecular weight excluding hydrogens is 374 g/mol. The summed E-state index contributed by atoms with van der Waals surface area (Å²) in [6.07, 6.45) is 7.14. The second-order valence-corrected chi connectivity index (χ2v) is 8.08. The van der Waals surface area contributed by atoms with E-state index in [1.54, 1.807) is 6.20 Å². The lowest BCUT2D eigenvalue weighted by Gasteiger charge is -2.27. The molecule has 1 amide bonds. The second-order valence-electron chi connectivity index (χ2n) is 8.08. The van der Waals surface area contributed by atoms with E-state index in [0.717, 1.165) is 42.9 Å². The molecule has 4 rings (SSSR count). The van der Waals surface area contributed by atoms with Crippen LogP contribution in [0.1, 0.15) is 60.6 Å². The fourth-order valence-corrected chi connectivity index (χ4v) is 3.92. The van der Waals surface area contributed by atoms with Gasteiger partial charge in [-0.25, -0.2) is 9.67 Å². The summed E-state index contributed by atoms with van der Waals surface area (Å²) in [7, 11) is 0. The highest BCUT2D eigenvalue weighted by Gasteiger charge is 2.21. The number of aromatic nitrogens is 3. The summed E-state index contributed by atoms with van der Waals surface area (Å²) in [6, 6.07) is 13.8. The zero-order valence-electron chi connectivity index (χ0n) is 17.7. The third kappa shape index (κ3) is 4.37. The number of para-hydroxylation sites is 1. The number of rotatable bonds is 6. The number of piperidine rings is 1. The van der Waals surface area contributed by atoms with Crippen molar-refractivity contribution in [3.63, 3.8) is 0 Å². The van der Waals surface area contributed by atoms with E-state index in [1.165, 1.54) is 6.42 Å². The first-order valence-corrected chi connectivity index (χ1v) is 10.8. The topological polar surface area (TPSA) is 63.1 Å². The Morgan fingerprint density at radius 3 is 2.57 bits per heavy atom. The van der Waals surface area contributed by atoms with Crippen molar-refractivity contribution in [2.75, 3.05) is 18.4 Å². The molecule has 0 saturated carbocycles. The van der Waals surface area contributed by atoms with Gasteiger partial charge in [0.15, 0.2) is 0 Å². The summed E-state index contributed by atoms with van der Waals surface area (Å²) in [6.45, 7) is 6.52. The van der Waals surface area contributed by atoms with Gasteiger partial charge in [0.05, 0.1) is 16.9 Å². The predicted octanol–water partition coefficient (Wildman–Crippen LogP) is 4.63. The number of pyridine rings is 1. The molecule has 1 aromatic carbocycles. The Kier molecular flexibility index (Phi) is 6.12. The van der Waals surface area contributed by atoms with E-state index in [-0.39, 0.29) is 5.91 Å². The van der Waals surface area contributed by atoms with Crippen LogP contribution in [0.5, 0.6) is 0 Å². The lowest BCUT2D eigenvalue weighted by atomic mass is 10.1. The van der Waals surface area contributed by atoms with Gasteiger partial charge in [0.2, 0.25) is 0 Å². The average Bonchev–Trinajstić information content (AvgIpc) is 3.23. The quantitative estimate of drug-likeness (QED) is 0.652. The summed E-state index contributed by atoms with van der Waals surface area (Å²) < 4.78 is 1.92. The highest BCUT2D eigenvalue weighted by atomic mass is 16.2. The number of anilines is 1. The molecule has 156 valence electrons. The highest BCUT2D eigenvalue weighted by Crippen LogP contribution is 2.23. The molecule has 30 heavy (non-hydrogen) atoms. The van der Waals surface area contributed by atoms with E-state index in [9.17, 15) is 4.79 Å². The van der Waals surface area contributed by atoms with Gasteiger partial charge >= 0.3 is 0 Å². The summed E-state index contributed by atoms with van der Waals surface area (Å²) >= 11 is 0. The summed E-state index contributed by atoms with van der Waals surface area (Å²) in [5.41, 5.74) is 3.83. The fourth-order valence-electron chi connectivity index (χ4n) is 3.92. The molecule has 2 aromatic heterocycles. The number of benzene rings is 1. The number of carbonyl (C=O) groups is 1. The Balaban J connectivity index is 1.55. The second kappa shape index (κ2) is 9.11. The maximum absolute atomic E-state index is 13.0. The minimum atomic E-state index is 0.0642. The minimum absolute atomic E-state index is 0.0642. The zero-order valence-corrected chi connectivity index (χ0v) is 17.7. The monoisotopic (exact) mass is 403 g/mol. The molecule has 0 unspecified atom stereocenters. The van der Waals surface area contributed by atoms with Crippen LogP contribution in [0.25, 0.3) is 5.69 Å². The summed E-state index contributed by atoms with van der Waals surface area (Å²) in [5, 5.41) is 8.20. The van der Waals surface area contributed by atoms with Crippen molar-refractivity contribution in [3.05, 3.63) is 71.7 Å². The Hall–Kier alpha value is -3.15. The van der Waals surface area contributed by atoms with Crippen LogP contribution >= 0.6 is 0 Å². The highest BCUT2D eigenvalue weighted by molar-refractivity contribution is 5.98. The first kappa shape index (κ1) is 20.1. The maximum atomic E-state index is 13.0. The molecule has 1 aliphatic heterocycles. The molecule has 0 aliphatic carbocycles. The molecule has 1 saturated heterocycles. The molecule has 6 nitrogen and oxygen atoms in total. The van der Waals surface area contributed by atoms with E-state index in [0.29, 0.717) is 23.8 Å². The number of nitrogens with one attached hydrogen (secondary N) is 1. The van der Waals surface area contributed by atoms with Crippen molar-refractivity contribution in [3.8, 4) is 5.69 Å². The van der Waals surface area contributed by atoms with Gasteiger partial charge in [0.1, 0.15) is 5.82 Å². The molecule has 1 N–H and O–H groups in total.